The number of hydrogen-bond donors (Lipinski definition) is 1. The lowest BCUT2D eigenvalue weighted by molar-refractivity contribution is -0.127. The second kappa shape index (κ2) is 5.15. The molecule has 1 aromatic rings. The summed E-state index contributed by atoms with van der Waals surface area (Å²) in [6, 6.07) is 8.34. The summed E-state index contributed by atoms with van der Waals surface area (Å²) in [5, 5.41) is 3.02. The third kappa shape index (κ3) is 2.63. The fraction of sp³-hybridized carbons (Fsp3) is 0.500. The van der Waals surface area contributed by atoms with Gasteiger partial charge < -0.3 is 5.32 Å². The fourth-order valence-corrected chi connectivity index (χ4v) is 2.03. The zero-order valence-corrected chi connectivity index (χ0v) is 9.83. The Kier molecular flexibility index (Phi) is 3.60. The van der Waals surface area contributed by atoms with Gasteiger partial charge in [0, 0.05) is 12.5 Å². The van der Waals surface area contributed by atoms with E-state index in [1.54, 1.807) is 0 Å². The average molecular weight is 217 g/mol. The van der Waals surface area contributed by atoms with E-state index in [1.807, 2.05) is 6.07 Å². The Labute approximate surface area is 97.1 Å². The van der Waals surface area contributed by atoms with Gasteiger partial charge in [0.2, 0.25) is 5.91 Å². The predicted molar refractivity (Wildman–Crippen MR) is 65.2 cm³/mol. The molecular formula is C14H19NO. The molecule has 1 aromatic carbocycles. The summed E-state index contributed by atoms with van der Waals surface area (Å²) < 4.78 is 0. The summed E-state index contributed by atoms with van der Waals surface area (Å²) in [6.07, 6.45) is 4.31. The van der Waals surface area contributed by atoms with E-state index in [9.17, 15) is 4.79 Å². The molecule has 0 aliphatic heterocycles. The topological polar surface area (TPSA) is 29.1 Å². The normalized spacial score (nSPS) is 15.6. The maximum Gasteiger partial charge on any atom is 0.223 e. The Morgan fingerprint density at radius 3 is 2.75 bits per heavy atom. The number of nitrogens with one attached hydrogen (secondary N) is 1. The SMILES string of the molecule is Cc1ccccc1CCNC(=O)C1CCC1. The molecule has 1 N–H and O–H groups in total. The number of amides is 1. The molecule has 0 heterocycles. The van der Waals surface area contributed by atoms with E-state index < -0.39 is 0 Å². The highest BCUT2D eigenvalue weighted by atomic mass is 16.1. The zero-order chi connectivity index (χ0) is 11.4. The van der Waals surface area contributed by atoms with Crippen molar-refractivity contribution in [3.05, 3.63) is 35.4 Å². The van der Waals surface area contributed by atoms with Gasteiger partial charge in [0.15, 0.2) is 0 Å². The van der Waals surface area contributed by atoms with Crippen LogP contribution >= 0.6 is 0 Å². The van der Waals surface area contributed by atoms with Crippen LogP contribution in [0.25, 0.3) is 0 Å². The standard InChI is InChI=1S/C14H19NO/c1-11-5-2-3-6-12(11)9-10-15-14(16)13-7-4-8-13/h2-3,5-6,13H,4,7-10H2,1H3,(H,15,16). The van der Waals surface area contributed by atoms with Gasteiger partial charge in [-0.15, -0.1) is 0 Å². The zero-order valence-electron chi connectivity index (χ0n) is 9.83. The van der Waals surface area contributed by atoms with Crippen molar-refractivity contribution >= 4 is 5.91 Å². The van der Waals surface area contributed by atoms with Gasteiger partial charge in [-0.25, -0.2) is 0 Å². The monoisotopic (exact) mass is 217 g/mol. The summed E-state index contributed by atoms with van der Waals surface area (Å²) in [4.78, 5) is 11.6. The van der Waals surface area contributed by atoms with Crippen LogP contribution in [0.1, 0.15) is 30.4 Å². The summed E-state index contributed by atoms with van der Waals surface area (Å²) in [5.74, 6) is 0.553. The van der Waals surface area contributed by atoms with Crippen LogP contribution in [0.5, 0.6) is 0 Å². The van der Waals surface area contributed by atoms with E-state index in [2.05, 4.69) is 30.4 Å². The number of carbonyl (C=O) groups is 1. The van der Waals surface area contributed by atoms with E-state index in [0.717, 1.165) is 25.8 Å². The molecule has 2 heteroatoms. The Bertz CT molecular complexity index is 369. The van der Waals surface area contributed by atoms with Gasteiger partial charge in [-0.2, -0.15) is 0 Å². The molecule has 1 amide bonds. The Morgan fingerprint density at radius 2 is 2.12 bits per heavy atom. The van der Waals surface area contributed by atoms with Gasteiger partial charge in [-0.3, -0.25) is 4.79 Å². The van der Waals surface area contributed by atoms with Crippen molar-refractivity contribution < 1.29 is 4.79 Å². The van der Waals surface area contributed by atoms with Gasteiger partial charge in [0.1, 0.15) is 0 Å². The smallest absolute Gasteiger partial charge is 0.223 e. The molecule has 2 rings (SSSR count). The summed E-state index contributed by atoms with van der Waals surface area (Å²) in [6.45, 7) is 2.88. The van der Waals surface area contributed by atoms with Crippen LogP contribution in [0.2, 0.25) is 0 Å². The van der Waals surface area contributed by atoms with Crippen LogP contribution in [0.4, 0.5) is 0 Å². The van der Waals surface area contributed by atoms with E-state index >= 15 is 0 Å². The van der Waals surface area contributed by atoms with Crippen molar-refractivity contribution in [1.29, 1.82) is 0 Å². The summed E-state index contributed by atoms with van der Waals surface area (Å²) in [7, 11) is 0. The van der Waals surface area contributed by atoms with Crippen LogP contribution in [0, 0.1) is 12.8 Å². The molecule has 0 spiro atoms. The van der Waals surface area contributed by atoms with E-state index in [4.69, 9.17) is 0 Å². The minimum atomic E-state index is 0.250. The van der Waals surface area contributed by atoms with Crippen molar-refractivity contribution in [2.45, 2.75) is 32.6 Å². The average Bonchev–Trinajstić information content (AvgIpc) is 2.18. The van der Waals surface area contributed by atoms with Crippen molar-refractivity contribution in [1.82, 2.24) is 5.32 Å². The molecule has 16 heavy (non-hydrogen) atoms. The Hall–Kier alpha value is -1.31. The molecule has 0 atom stereocenters. The molecule has 1 fully saturated rings. The summed E-state index contributed by atoms with van der Waals surface area (Å²) >= 11 is 0. The van der Waals surface area contributed by atoms with Crippen molar-refractivity contribution in [3.63, 3.8) is 0 Å². The predicted octanol–water partition coefficient (Wildman–Crippen LogP) is 2.45. The molecule has 1 aliphatic carbocycles. The van der Waals surface area contributed by atoms with Crippen LogP contribution in [0.15, 0.2) is 24.3 Å². The molecule has 2 nitrogen and oxygen atoms in total. The first-order valence-corrected chi connectivity index (χ1v) is 6.09. The minimum absolute atomic E-state index is 0.250. The maximum atomic E-state index is 11.6. The molecule has 0 saturated heterocycles. The number of hydrogen-bond acceptors (Lipinski definition) is 1. The number of aryl methyl sites for hydroxylation is 1. The van der Waals surface area contributed by atoms with Gasteiger partial charge in [-0.1, -0.05) is 30.7 Å². The summed E-state index contributed by atoms with van der Waals surface area (Å²) in [5.41, 5.74) is 2.64. The molecule has 1 aliphatic rings. The Balaban J connectivity index is 1.75. The lowest BCUT2D eigenvalue weighted by atomic mass is 9.85. The second-order valence-corrected chi connectivity index (χ2v) is 4.60. The fourth-order valence-electron chi connectivity index (χ4n) is 2.03. The van der Waals surface area contributed by atoms with Crippen molar-refractivity contribution in [3.8, 4) is 0 Å². The molecule has 0 unspecified atom stereocenters. The molecule has 0 bridgehead atoms. The third-order valence-corrected chi connectivity index (χ3v) is 3.43. The van der Waals surface area contributed by atoms with Crippen molar-refractivity contribution in [2.24, 2.45) is 5.92 Å². The van der Waals surface area contributed by atoms with Crippen LogP contribution in [-0.4, -0.2) is 12.5 Å². The van der Waals surface area contributed by atoms with E-state index in [0.29, 0.717) is 5.92 Å². The number of carbonyl (C=O) groups excluding carboxylic acids is 1. The maximum absolute atomic E-state index is 11.6. The first-order chi connectivity index (χ1) is 7.77. The molecule has 0 aromatic heterocycles. The molecule has 0 radical (unpaired) electrons. The number of rotatable bonds is 4. The minimum Gasteiger partial charge on any atom is -0.356 e. The first-order valence-electron chi connectivity index (χ1n) is 6.09. The highest BCUT2D eigenvalue weighted by Crippen LogP contribution is 2.26. The lowest BCUT2D eigenvalue weighted by Gasteiger charge is -2.24. The molecular weight excluding hydrogens is 198 g/mol. The van der Waals surface area contributed by atoms with Crippen LogP contribution < -0.4 is 5.32 Å². The highest BCUT2D eigenvalue weighted by Gasteiger charge is 2.24. The lowest BCUT2D eigenvalue weighted by Crippen LogP contribution is -2.35. The highest BCUT2D eigenvalue weighted by molar-refractivity contribution is 5.79. The quantitative estimate of drug-likeness (QED) is 0.824. The third-order valence-electron chi connectivity index (χ3n) is 3.43. The Morgan fingerprint density at radius 1 is 1.38 bits per heavy atom. The van der Waals surface area contributed by atoms with Gasteiger partial charge in [0.05, 0.1) is 0 Å². The van der Waals surface area contributed by atoms with E-state index in [1.165, 1.54) is 17.5 Å². The molecule has 1 saturated carbocycles. The van der Waals surface area contributed by atoms with Crippen molar-refractivity contribution in [2.75, 3.05) is 6.54 Å². The second-order valence-electron chi connectivity index (χ2n) is 4.60. The van der Waals surface area contributed by atoms with Gasteiger partial charge in [-0.05, 0) is 37.3 Å². The van der Waals surface area contributed by atoms with Gasteiger partial charge in [0.25, 0.3) is 0 Å². The molecule has 86 valence electrons. The van der Waals surface area contributed by atoms with E-state index in [-0.39, 0.29) is 5.91 Å². The number of benzene rings is 1. The largest absolute Gasteiger partial charge is 0.356 e. The van der Waals surface area contributed by atoms with Crippen LogP contribution in [0.3, 0.4) is 0 Å². The van der Waals surface area contributed by atoms with Gasteiger partial charge >= 0.3 is 0 Å². The van der Waals surface area contributed by atoms with Crippen LogP contribution in [-0.2, 0) is 11.2 Å². The first kappa shape index (κ1) is 11.2.